The maximum Gasteiger partial charge on any atom is 0.249 e. The van der Waals surface area contributed by atoms with Crippen LogP contribution in [0, 0.1) is 13.8 Å². The number of amides is 1. The van der Waals surface area contributed by atoms with Crippen molar-refractivity contribution >= 4 is 37.3 Å². The van der Waals surface area contributed by atoms with Crippen LogP contribution < -0.4 is 4.80 Å². The molecule has 2 aromatic carbocycles. The van der Waals surface area contributed by atoms with Gasteiger partial charge in [-0.1, -0.05) is 41.7 Å². The quantitative estimate of drug-likeness (QED) is 0.574. The summed E-state index contributed by atoms with van der Waals surface area (Å²) in [5.41, 5.74) is 3.25. The second-order valence-electron chi connectivity index (χ2n) is 6.79. The van der Waals surface area contributed by atoms with Crippen molar-refractivity contribution in [2.24, 2.45) is 4.99 Å². The molecule has 6 nitrogen and oxygen atoms in total. The van der Waals surface area contributed by atoms with Gasteiger partial charge in [-0.25, -0.2) is 8.42 Å². The molecule has 0 atom stereocenters. The summed E-state index contributed by atoms with van der Waals surface area (Å²) in [4.78, 5) is 17.5. The van der Waals surface area contributed by atoms with Crippen molar-refractivity contribution in [1.82, 2.24) is 4.57 Å². The number of benzene rings is 2. The molecule has 3 rings (SSSR count). The van der Waals surface area contributed by atoms with E-state index in [0.717, 1.165) is 21.3 Å². The lowest BCUT2D eigenvalue weighted by Gasteiger charge is -2.07. The van der Waals surface area contributed by atoms with Crippen molar-refractivity contribution in [3.63, 3.8) is 0 Å². The normalized spacial score (nSPS) is 12.6. The summed E-state index contributed by atoms with van der Waals surface area (Å²) in [5.74, 6) is -0.710. The molecule has 0 aliphatic rings. The van der Waals surface area contributed by atoms with Crippen LogP contribution in [0.15, 0.2) is 52.4 Å². The van der Waals surface area contributed by atoms with Crippen molar-refractivity contribution in [3.05, 3.63) is 58.4 Å². The molecule has 154 valence electrons. The Hall–Kier alpha value is -2.29. The smallest absolute Gasteiger partial charge is 0.249 e. The monoisotopic (exact) mass is 432 g/mol. The van der Waals surface area contributed by atoms with Crippen molar-refractivity contribution in [3.8, 4) is 0 Å². The lowest BCUT2D eigenvalue weighted by Crippen LogP contribution is -2.20. The van der Waals surface area contributed by atoms with Crippen LogP contribution in [0.25, 0.3) is 10.2 Å². The van der Waals surface area contributed by atoms with Crippen molar-refractivity contribution in [1.29, 1.82) is 0 Å². The molecule has 1 aromatic heterocycles. The number of thiazole rings is 1. The van der Waals surface area contributed by atoms with Gasteiger partial charge in [-0.05, 0) is 37.1 Å². The average molecular weight is 433 g/mol. The molecule has 0 aliphatic carbocycles. The first kappa shape index (κ1) is 21.4. The highest BCUT2D eigenvalue weighted by Crippen LogP contribution is 2.25. The third kappa shape index (κ3) is 4.83. The van der Waals surface area contributed by atoms with Crippen LogP contribution in [-0.4, -0.2) is 38.4 Å². The van der Waals surface area contributed by atoms with Gasteiger partial charge < -0.3 is 9.30 Å². The molecular weight excluding hydrogens is 408 g/mol. The van der Waals surface area contributed by atoms with Crippen molar-refractivity contribution in [2.75, 3.05) is 19.5 Å². The second-order valence-corrected chi connectivity index (χ2v) is 9.88. The number of hydrogen-bond acceptors (Lipinski definition) is 5. The van der Waals surface area contributed by atoms with Gasteiger partial charge in [0.1, 0.15) is 0 Å². The first-order valence-corrected chi connectivity index (χ1v) is 11.7. The highest BCUT2D eigenvalue weighted by molar-refractivity contribution is 7.91. The minimum absolute atomic E-state index is 0.159. The van der Waals surface area contributed by atoms with E-state index in [4.69, 9.17) is 4.74 Å². The number of rotatable bonds is 7. The number of carbonyl (C=O) groups excluding carboxylic acids is 1. The predicted molar refractivity (Wildman–Crippen MR) is 115 cm³/mol. The maximum atomic E-state index is 12.5. The summed E-state index contributed by atoms with van der Waals surface area (Å²) in [6.07, 6.45) is -0.159. The molecule has 0 N–H and O–H groups in total. The zero-order chi connectivity index (χ0) is 21.0. The molecule has 1 amide bonds. The van der Waals surface area contributed by atoms with Gasteiger partial charge in [0.25, 0.3) is 0 Å². The Balaban J connectivity index is 1.92. The largest absolute Gasteiger partial charge is 0.383 e. The zero-order valence-corrected chi connectivity index (χ0v) is 18.3. The standard InChI is InChI=1S/C21H24N2O4S2/c1-15-9-10-16(2)20-19(15)23(12-13-27-3)21(28-20)22-18(24)11-14-29(25,26)17-7-5-4-6-8-17/h4-10H,11-14H2,1-3H3. The van der Waals surface area contributed by atoms with E-state index in [-0.39, 0.29) is 17.1 Å². The highest BCUT2D eigenvalue weighted by Gasteiger charge is 2.17. The number of nitrogens with zero attached hydrogens (tertiary/aromatic N) is 2. The van der Waals surface area contributed by atoms with E-state index in [2.05, 4.69) is 4.99 Å². The van der Waals surface area contributed by atoms with E-state index in [1.54, 1.807) is 25.3 Å². The molecule has 29 heavy (non-hydrogen) atoms. The molecule has 1 heterocycles. The van der Waals surface area contributed by atoms with Crippen LogP contribution in [0.1, 0.15) is 17.5 Å². The number of ether oxygens (including phenoxy) is 1. The summed E-state index contributed by atoms with van der Waals surface area (Å²) in [6, 6.07) is 12.3. The third-order valence-corrected chi connectivity index (χ3v) is 7.60. The van der Waals surface area contributed by atoms with Crippen LogP contribution in [-0.2, 0) is 25.9 Å². The molecule has 0 bridgehead atoms. The molecule has 0 aliphatic heterocycles. The number of carbonyl (C=O) groups is 1. The number of methoxy groups -OCH3 is 1. The number of fused-ring (bicyclic) bond motifs is 1. The number of sulfone groups is 1. The highest BCUT2D eigenvalue weighted by atomic mass is 32.2. The van der Waals surface area contributed by atoms with Crippen LogP contribution in [0.2, 0.25) is 0 Å². The number of aromatic nitrogens is 1. The van der Waals surface area contributed by atoms with Gasteiger partial charge >= 0.3 is 0 Å². The Morgan fingerprint density at radius 3 is 2.48 bits per heavy atom. The minimum Gasteiger partial charge on any atom is -0.383 e. The lowest BCUT2D eigenvalue weighted by atomic mass is 10.1. The topological polar surface area (TPSA) is 77.7 Å². The fourth-order valence-electron chi connectivity index (χ4n) is 3.08. The van der Waals surface area contributed by atoms with E-state index in [0.29, 0.717) is 18.0 Å². The summed E-state index contributed by atoms with van der Waals surface area (Å²) >= 11 is 1.44. The lowest BCUT2D eigenvalue weighted by molar-refractivity contribution is -0.117. The van der Waals surface area contributed by atoms with Crippen LogP contribution in [0.5, 0.6) is 0 Å². The average Bonchev–Trinajstić information content (AvgIpc) is 3.07. The van der Waals surface area contributed by atoms with E-state index < -0.39 is 15.7 Å². The summed E-state index contributed by atoms with van der Waals surface area (Å²) in [5, 5.41) is 0. The molecule has 8 heteroatoms. The van der Waals surface area contributed by atoms with E-state index >= 15 is 0 Å². The molecule has 0 radical (unpaired) electrons. The predicted octanol–water partition coefficient (Wildman–Crippen LogP) is 3.26. The summed E-state index contributed by atoms with van der Waals surface area (Å²) in [7, 11) is -1.89. The van der Waals surface area contributed by atoms with Crippen molar-refractivity contribution < 1.29 is 17.9 Å². The van der Waals surface area contributed by atoms with Gasteiger partial charge in [0.15, 0.2) is 14.6 Å². The van der Waals surface area contributed by atoms with Crippen LogP contribution in [0.4, 0.5) is 0 Å². The Morgan fingerprint density at radius 1 is 1.10 bits per heavy atom. The Labute approximate surface area is 174 Å². The zero-order valence-electron chi connectivity index (χ0n) is 16.7. The maximum absolute atomic E-state index is 12.5. The van der Waals surface area contributed by atoms with Gasteiger partial charge in [0, 0.05) is 20.1 Å². The van der Waals surface area contributed by atoms with Crippen LogP contribution >= 0.6 is 11.3 Å². The molecule has 0 fully saturated rings. The number of hydrogen-bond donors (Lipinski definition) is 0. The first-order valence-electron chi connectivity index (χ1n) is 9.27. The van der Waals surface area contributed by atoms with Gasteiger partial charge in [-0.3, -0.25) is 4.79 Å². The molecular formula is C21H24N2O4S2. The minimum atomic E-state index is -3.51. The summed E-state index contributed by atoms with van der Waals surface area (Å²) < 4.78 is 33.1. The third-order valence-electron chi connectivity index (χ3n) is 4.65. The first-order chi connectivity index (χ1) is 13.8. The summed E-state index contributed by atoms with van der Waals surface area (Å²) in [6.45, 7) is 5.10. The van der Waals surface area contributed by atoms with Gasteiger partial charge in [-0.2, -0.15) is 4.99 Å². The fourth-order valence-corrected chi connectivity index (χ4v) is 5.55. The molecule has 0 saturated heterocycles. The molecule has 3 aromatic rings. The Kier molecular flexibility index (Phi) is 6.66. The fraction of sp³-hybridized carbons (Fsp3) is 0.333. The SMILES string of the molecule is COCCn1c(=NC(=O)CCS(=O)(=O)c2ccccc2)sc2c(C)ccc(C)c21. The van der Waals surface area contributed by atoms with Gasteiger partial charge in [0.2, 0.25) is 5.91 Å². The Morgan fingerprint density at radius 2 is 1.79 bits per heavy atom. The second kappa shape index (κ2) is 9.02. The number of aryl methyl sites for hydroxylation is 2. The van der Waals surface area contributed by atoms with Crippen LogP contribution in [0.3, 0.4) is 0 Å². The van der Waals surface area contributed by atoms with E-state index in [1.807, 2.05) is 30.5 Å². The van der Waals surface area contributed by atoms with E-state index in [1.165, 1.54) is 23.5 Å². The molecule has 0 spiro atoms. The molecule has 0 unspecified atom stereocenters. The van der Waals surface area contributed by atoms with E-state index in [9.17, 15) is 13.2 Å². The molecule has 0 saturated carbocycles. The van der Waals surface area contributed by atoms with Gasteiger partial charge in [0.05, 0.1) is 27.5 Å². The van der Waals surface area contributed by atoms with Gasteiger partial charge in [-0.15, -0.1) is 0 Å². The Bertz CT molecular complexity index is 1190. The van der Waals surface area contributed by atoms with Crippen molar-refractivity contribution in [2.45, 2.75) is 31.7 Å².